The Hall–Kier alpha value is -2.52. The van der Waals surface area contributed by atoms with Gasteiger partial charge in [0.15, 0.2) is 0 Å². The van der Waals surface area contributed by atoms with Crippen LogP contribution in [0.25, 0.3) is 0 Å². The molecule has 1 aromatic heterocycles. The minimum absolute atomic E-state index is 0.232. The molecular weight excluding hydrogens is 438 g/mol. The van der Waals surface area contributed by atoms with Crippen LogP contribution in [0.5, 0.6) is 0 Å². The maximum atomic E-state index is 12.8. The molecule has 1 fully saturated rings. The highest BCUT2D eigenvalue weighted by molar-refractivity contribution is 7.99. The topological polar surface area (TPSA) is 109 Å². The smallest absolute Gasteiger partial charge is 0.338 e. The van der Waals surface area contributed by atoms with Crippen LogP contribution in [0, 0.1) is 0 Å². The van der Waals surface area contributed by atoms with E-state index in [0.29, 0.717) is 33.1 Å². The van der Waals surface area contributed by atoms with E-state index in [4.69, 9.17) is 16.3 Å². The molecule has 8 nitrogen and oxygen atoms in total. The van der Waals surface area contributed by atoms with Crippen molar-refractivity contribution >= 4 is 35.4 Å². The molecule has 1 aromatic carbocycles. The molecular formula is C21H24ClN5O3S. The lowest BCUT2D eigenvalue weighted by atomic mass is 9.95. The van der Waals surface area contributed by atoms with Gasteiger partial charge >= 0.3 is 12.0 Å². The first-order valence-electron chi connectivity index (χ1n) is 10.3. The molecule has 0 radical (unpaired) electrons. The minimum atomic E-state index is -0.637. The zero-order chi connectivity index (χ0) is 21.8. The Morgan fingerprint density at radius 2 is 2.00 bits per heavy atom. The number of urea groups is 1. The van der Waals surface area contributed by atoms with E-state index in [-0.39, 0.29) is 12.6 Å². The van der Waals surface area contributed by atoms with E-state index >= 15 is 0 Å². The van der Waals surface area contributed by atoms with Gasteiger partial charge in [0.1, 0.15) is 5.82 Å². The fraction of sp³-hybridized carbons (Fsp3) is 0.429. The number of esters is 1. The van der Waals surface area contributed by atoms with Gasteiger partial charge in [0, 0.05) is 22.4 Å². The standard InChI is InChI=1S/C21H24ClN5O3S/c1-2-30-19(28)16-15(11-31-21-25-18(26-27-21)13-5-3-4-6-13)23-20(29)24-17(16)12-7-9-14(22)10-8-12/h7-10,13,17H,2-6,11H2,1H3,(H2,23,24,29)(H,25,26,27). The molecule has 31 heavy (non-hydrogen) atoms. The van der Waals surface area contributed by atoms with Crippen LogP contribution in [0.1, 0.15) is 56.0 Å². The number of aromatic nitrogens is 3. The van der Waals surface area contributed by atoms with Crippen LogP contribution in [-0.2, 0) is 9.53 Å². The van der Waals surface area contributed by atoms with E-state index in [1.165, 1.54) is 24.6 Å². The van der Waals surface area contributed by atoms with Crippen molar-refractivity contribution < 1.29 is 14.3 Å². The number of benzene rings is 1. The number of nitrogens with one attached hydrogen (secondary N) is 3. The van der Waals surface area contributed by atoms with Crippen molar-refractivity contribution in [1.29, 1.82) is 0 Å². The number of aromatic amines is 1. The van der Waals surface area contributed by atoms with Crippen LogP contribution in [0.3, 0.4) is 0 Å². The fourth-order valence-electron chi connectivity index (χ4n) is 3.93. The number of rotatable bonds is 7. The SMILES string of the molecule is CCOC(=O)C1=C(CSc2n[nH]c(C3CCCC3)n2)NC(=O)NC1c1ccc(Cl)cc1. The molecule has 2 aliphatic rings. The van der Waals surface area contributed by atoms with Crippen LogP contribution in [-0.4, -0.2) is 39.5 Å². The largest absolute Gasteiger partial charge is 0.463 e. The van der Waals surface area contributed by atoms with Crippen molar-refractivity contribution in [1.82, 2.24) is 25.8 Å². The third-order valence-corrected chi connectivity index (χ3v) is 6.55. The normalized spacial score (nSPS) is 19.3. The number of carbonyl (C=O) groups excluding carboxylic acids is 2. The van der Waals surface area contributed by atoms with Gasteiger partial charge in [-0.1, -0.05) is 48.3 Å². The molecule has 2 aromatic rings. The number of ether oxygens (including phenoxy) is 1. The number of H-pyrrole nitrogens is 1. The highest BCUT2D eigenvalue weighted by Crippen LogP contribution is 2.34. The van der Waals surface area contributed by atoms with Crippen LogP contribution in [0.15, 0.2) is 40.7 Å². The Labute approximate surface area is 189 Å². The Balaban J connectivity index is 1.59. The van der Waals surface area contributed by atoms with Gasteiger partial charge in [-0.2, -0.15) is 0 Å². The Bertz CT molecular complexity index is 985. The third kappa shape index (κ3) is 5.04. The lowest BCUT2D eigenvalue weighted by Crippen LogP contribution is -2.46. The van der Waals surface area contributed by atoms with Gasteiger partial charge in [-0.3, -0.25) is 5.10 Å². The number of carbonyl (C=O) groups is 2. The summed E-state index contributed by atoms with van der Waals surface area (Å²) in [6.45, 7) is 1.98. The lowest BCUT2D eigenvalue weighted by Gasteiger charge is -2.29. The zero-order valence-corrected chi connectivity index (χ0v) is 18.7. The van der Waals surface area contributed by atoms with E-state index in [9.17, 15) is 9.59 Å². The first kappa shape index (κ1) is 21.7. The average molecular weight is 462 g/mol. The Morgan fingerprint density at radius 1 is 1.26 bits per heavy atom. The molecule has 0 saturated heterocycles. The molecule has 1 unspecified atom stereocenters. The van der Waals surface area contributed by atoms with Gasteiger partial charge in [-0.15, -0.1) is 5.10 Å². The second kappa shape index (κ2) is 9.74. The minimum Gasteiger partial charge on any atom is -0.463 e. The molecule has 3 N–H and O–H groups in total. The Morgan fingerprint density at radius 3 is 2.71 bits per heavy atom. The van der Waals surface area contributed by atoms with Gasteiger partial charge in [-0.25, -0.2) is 14.6 Å². The molecule has 0 spiro atoms. The van der Waals surface area contributed by atoms with Gasteiger partial charge in [-0.05, 0) is 37.5 Å². The number of halogens is 1. The first-order chi connectivity index (χ1) is 15.0. The summed E-state index contributed by atoms with van der Waals surface area (Å²) in [6.07, 6.45) is 4.69. The molecule has 0 bridgehead atoms. The number of hydrogen-bond donors (Lipinski definition) is 3. The third-order valence-electron chi connectivity index (χ3n) is 5.42. The number of hydrogen-bond acceptors (Lipinski definition) is 6. The van der Waals surface area contributed by atoms with Gasteiger partial charge < -0.3 is 15.4 Å². The number of nitrogens with zero attached hydrogens (tertiary/aromatic N) is 2. The van der Waals surface area contributed by atoms with Crippen molar-refractivity contribution in [3.63, 3.8) is 0 Å². The van der Waals surface area contributed by atoms with Crippen molar-refractivity contribution in [2.45, 2.75) is 49.7 Å². The maximum absolute atomic E-state index is 12.8. The van der Waals surface area contributed by atoms with E-state index in [1.54, 1.807) is 31.2 Å². The van der Waals surface area contributed by atoms with Crippen molar-refractivity contribution in [2.75, 3.05) is 12.4 Å². The van der Waals surface area contributed by atoms with Crippen LogP contribution >= 0.6 is 23.4 Å². The van der Waals surface area contributed by atoms with E-state index in [2.05, 4.69) is 25.8 Å². The molecule has 1 aliphatic heterocycles. The van der Waals surface area contributed by atoms with Crippen molar-refractivity contribution in [3.05, 3.63) is 51.9 Å². The van der Waals surface area contributed by atoms with Crippen LogP contribution in [0.4, 0.5) is 4.79 Å². The molecule has 164 valence electrons. The number of amides is 2. The molecule has 1 atom stereocenters. The summed E-state index contributed by atoms with van der Waals surface area (Å²) in [5.41, 5.74) is 1.59. The predicted octanol–water partition coefficient (Wildman–Crippen LogP) is 4.08. The summed E-state index contributed by atoms with van der Waals surface area (Å²) in [6, 6.07) is 5.99. The molecule has 1 saturated carbocycles. The maximum Gasteiger partial charge on any atom is 0.338 e. The molecule has 2 heterocycles. The second-order valence-electron chi connectivity index (χ2n) is 7.47. The molecule has 2 amide bonds. The van der Waals surface area contributed by atoms with Crippen molar-refractivity contribution in [2.24, 2.45) is 0 Å². The Kier molecular flexibility index (Phi) is 6.82. The summed E-state index contributed by atoms with van der Waals surface area (Å²) in [5, 5.41) is 14.1. The quantitative estimate of drug-likeness (QED) is 0.423. The highest BCUT2D eigenvalue weighted by atomic mass is 35.5. The molecule has 10 heteroatoms. The van der Waals surface area contributed by atoms with Gasteiger partial charge in [0.2, 0.25) is 5.16 Å². The van der Waals surface area contributed by atoms with Gasteiger partial charge in [0.05, 0.1) is 18.2 Å². The van der Waals surface area contributed by atoms with E-state index in [0.717, 1.165) is 24.2 Å². The first-order valence-corrected chi connectivity index (χ1v) is 11.7. The molecule has 1 aliphatic carbocycles. The number of thioether (sulfide) groups is 1. The van der Waals surface area contributed by atoms with Crippen LogP contribution < -0.4 is 10.6 Å². The lowest BCUT2D eigenvalue weighted by molar-refractivity contribution is -0.139. The average Bonchev–Trinajstić information content (AvgIpc) is 3.44. The zero-order valence-electron chi connectivity index (χ0n) is 17.1. The van der Waals surface area contributed by atoms with E-state index < -0.39 is 12.0 Å². The summed E-state index contributed by atoms with van der Waals surface area (Å²) in [7, 11) is 0. The van der Waals surface area contributed by atoms with Gasteiger partial charge in [0.25, 0.3) is 0 Å². The summed E-state index contributed by atoms with van der Waals surface area (Å²) >= 11 is 7.36. The van der Waals surface area contributed by atoms with Crippen molar-refractivity contribution in [3.8, 4) is 0 Å². The second-order valence-corrected chi connectivity index (χ2v) is 8.85. The fourth-order valence-corrected chi connectivity index (χ4v) is 4.83. The summed E-state index contributed by atoms with van der Waals surface area (Å²) < 4.78 is 5.29. The summed E-state index contributed by atoms with van der Waals surface area (Å²) in [4.78, 5) is 29.8. The van der Waals surface area contributed by atoms with Crippen LogP contribution in [0.2, 0.25) is 5.02 Å². The monoisotopic (exact) mass is 461 g/mol. The van der Waals surface area contributed by atoms with E-state index in [1.807, 2.05) is 0 Å². The highest BCUT2D eigenvalue weighted by Gasteiger charge is 2.34. The predicted molar refractivity (Wildman–Crippen MR) is 118 cm³/mol. The summed E-state index contributed by atoms with van der Waals surface area (Å²) in [5.74, 6) is 1.19. The molecule has 4 rings (SSSR count).